The molecule has 7 nitrogen and oxygen atoms in total. The molecule has 1 heterocycles. The van der Waals surface area contributed by atoms with Crippen molar-refractivity contribution in [3.8, 4) is 0 Å². The molecule has 0 bridgehead atoms. The third-order valence-electron chi connectivity index (χ3n) is 4.72. The number of primary amides is 1. The Hall–Kier alpha value is -2.26. The highest BCUT2D eigenvalue weighted by atomic mass is 32.2. The Morgan fingerprint density at radius 3 is 2.15 bits per heavy atom. The van der Waals surface area contributed by atoms with E-state index in [1.54, 1.807) is 0 Å². The van der Waals surface area contributed by atoms with Gasteiger partial charge in [0.2, 0.25) is 15.9 Å². The summed E-state index contributed by atoms with van der Waals surface area (Å²) < 4.78 is 26.9. The van der Waals surface area contributed by atoms with Gasteiger partial charge in [0.1, 0.15) is 0 Å². The van der Waals surface area contributed by atoms with Crippen molar-refractivity contribution in [2.24, 2.45) is 5.73 Å². The largest absolute Gasteiger partial charge is 0.387 e. The van der Waals surface area contributed by atoms with Crippen LogP contribution in [0.25, 0.3) is 0 Å². The first-order chi connectivity index (χ1) is 12.9. The molecule has 1 aliphatic heterocycles. The zero-order chi connectivity index (χ0) is 19.4. The number of hydrogen-bond donors (Lipinski definition) is 2. The number of amides is 1. The van der Waals surface area contributed by atoms with E-state index in [0.717, 1.165) is 5.56 Å². The molecule has 1 fully saturated rings. The molecule has 2 aromatic rings. The van der Waals surface area contributed by atoms with Crippen LogP contribution in [0.2, 0.25) is 0 Å². The second-order valence-corrected chi connectivity index (χ2v) is 8.46. The van der Waals surface area contributed by atoms with Crippen molar-refractivity contribution in [2.45, 2.75) is 11.0 Å². The van der Waals surface area contributed by atoms with Gasteiger partial charge < -0.3 is 10.8 Å². The van der Waals surface area contributed by atoms with Crippen LogP contribution in [0.5, 0.6) is 0 Å². The standard InChI is InChI=1S/C19H23N3O4S/c20-19(24)16-6-8-17(9-7-16)27(25,26)22-12-10-21(11-13-22)14-18(23)15-4-2-1-3-5-15/h1-9,18,23H,10-14H2,(H2,20,24)/t18-/m0/s1. The summed E-state index contributed by atoms with van der Waals surface area (Å²) in [6.45, 7) is 2.25. The van der Waals surface area contributed by atoms with Gasteiger partial charge in [-0.3, -0.25) is 9.69 Å². The highest BCUT2D eigenvalue weighted by molar-refractivity contribution is 7.89. The van der Waals surface area contributed by atoms with Crippen molar-refractivity contribution in [2.75, 3.05) is 32.7 Å². The minimum atomic E-state index is -3.62. The highest BCUT2D eigenvalue weighted by Gasteiger charge is 2.29. The predicted molar refractivity (Wildman–Crippen MR) is 102 cm³/mol. The molecular formula is C19H23N3O4S. The Bertz CT molecular complexity index is 877. The van der Waals surface area contributed by atoms with E-state index in [1.807, 2.05) is 30.3 Å². The topological polar surface area (TPSA) is 104 Å². The van der Waals surface area contributed by atoms with Crippen LogP contribution in [0.3, 0.4) is 0 Å². The van der Waals surface area contributed by atoms with Gasteiger partial charge in [-0.2, -0.15) is 4.31 Å². The van der Waals surface area contributed by atoms with Crippen LogP contribution in [0.4, 0.5) is 0 Å². The van der Waals surface area contributed by atoms with Crippen molar-refractivity contribution in [3.63, 3.8) is 0 Å². The van der Waals surface area contributed by atoms with Gasteiger partial charge in [-0.15, -0.1) is 0 Å². The lowest BCUT2D eigenvalue weighted by atomic mass is 10.1. The number of rotatable bonds is 6. The molecular weight excluding hydrogens is 366 g/mol. The number of carbonyl (C=O) groups is 1. The van der Waals surface area contributed by atoms with E-state index in [4.69, 9.17) is 5.73 Å². The SMILES string of the molecule is NC(=O)c1ccc(S(=O)(=O)N2CCN(C[C@H](O)c3ccccc3)CC2)cc1. The fourth-order valence-corrected chi connectivity index (χ4v) is 4.54. The van der Waals surface area contributed by atoms with Crippen LogP contribution in [0.1, 0.15) is 22.0 Å². The molecule has 1 atom stereocenters. The quantitative estimate of drug-likeness (QED) is 0.761. The van der Waals surface area contributed by atoms with Gasteiger partial charge in [0.05, 0.1) is 11.0 Å². The lowest BCUT2D eigenvalue weighted by Crippen LogP contribution is -2.49. The zero-order valence-corrected chi connectivity index (χ0v) is 15.7. The molecule has 1 amide bonds. The number of piperazine rings is 1. The Morgan fingerprint density at radius 1 is 1.00 bits per heavy atom. The summed E-state index contributed by atoms with van der Waals surface area (Å²) >= 11 is 0. The van der Waals surface area contributed by atoms with E-state index in [-0.39, 0.29) is 10.5 Å². The van der Waals surface area contributed by atoms with E-state index in [1.165, 1.54) is 28.6 Å². The Labute approximate surface area is 159 Å². The fraction of sp³-hybridized carbons (Fsp3) is 0.316. The zero-order valence-electron chi connectivity index (χ0n) is 14.9. The normalized spacial score (nSPS) is 17.5. The van der Waals surface area contributed by atoms with Crippen molar-refractivity contribution in [3.05, 3.63) is 65.7 Å². The second kappa shape index (κ2) is 8.18. The monoisotopic (exact) mass is 389 g/mol. The Kier molecular flexibility index (Phi) is 5.91. The van der Waals surface area contributed by atoms with Crippen LogP contribution in [-0.4, -0.2) is 61.4 Å². The van der Waals surface area contributed by atoms with Crippen molar-refractivity contribution in [1.82, 2.24) is 9.21 Å². The summed E-state index contributed by atoms with van der Waals surface area (Å²) in [5.74, 6) is -0.593. The van der Waals surface area contributed by atoms with Gasteiger partial charge in [-0.25, -0.2) is 8.42 Å². The summed E-state index contributed by atoms with van der Waals surface area (Å²) in [5.41, 5.74) is 6.31. The maximum atomic E-state index is 12.8. The number of sulfonamides is 1. The molecule has 0 aromatic heterocycles. The molecule has 8 heteroatoms. The van der Waals surface area contributed by atoms with Crippen molar-refractivity contribution in [1.29, 1.82) is 0 Å². The first-order valence-electron chi connectivity index (χ1n) is 8.73. The van der Waals surface area contributed by atoms with E-state index < -0.39 is 22.0 Å². The van der Waals surface area contributed by atoms with Gasteiger partial charge in [-0.05, 0) is 29.8 Å². The fourth-order valence-electron chi connectivity index (χ4n) is 3.12. The van der Waals surface area contributed by atoms with Crippen molar-refractivity contribution < 1.29 is 18.3 Å². The number of hydrogen-bond acceptors (Lipinski definition) is 5. The maximum absolute atomic E-state index is 12.8. The summed E-state index contributed by atoms with van der Waals surface area (Å²) in [7, 11) is -3.62. The minimum absolute atomic E-state index is 0.144. The molecule has 144 valence electrons. The average molecular weight is 389 g/mol. The van der Waals surface area contributed by atoms with Crippen LogP contribution < -0.4 is 5.73 Å². The van der Waals surface area contributed by atoms with Gasteiger partial charge in [0, 0.05) is 38.3 Å². The smallest absolute Gasteiger partial charge is 0.248 e. The number of carbonyl (C=O) groups excluding carboxylic acids is 1. The predicted octanol–water partition coefficient (Wildman–Crippen LogP) is 0.825. The summed E-state index contributed by atoms with van der Waals surface area (Å²) in [4.78, 5) is 13.3. The molecule has 0 aliphatic carbocycles. The lowest BCUT2D eigenvalue weighted by molar-refractivity contribution is 0.0921. The summed E-state index contributed by atoms with van der Waals surface area (Å²) in [6, 6.07) is 15.1. The maximum Gasteiger partial charge on any atom is 0.248 e. The highest BCUT2D eigenvalue weighted by Crippen LogP contribution is 2.20. The molecule has 3 rings (SSSR count). The van der Waals surface area contributed by atoms with Crippen LogP contribution >= 0.6 is 0 Å². The van der Waals surface area contributed by atoms with Gasteiger partial charge in [0.15, 0.2) is 0 Å². The molecule has 27 heavy (non-hydrogen) atoms. The first-order valence-corrected chi connectivity index (χ1v) is 10.2. The van der Waals surface area contributed by atoms with E-state index >= 15 is 0 Å². The summed E-state index contributed by atoms with van der Waals surface area (Å²) in [5, 5.41) is 10.3. The van der Waals surface area contributed by atoms with Crippen LogP contribution in [0, 0.1) is 0 Å². The second-order valence-electron chi connectivity index (χ2n) is 6.52. The van der Waals surface area contributed by atoms with Crippen LogP contribution in [0.15, 0.2) is 59.5 Å². The van der Waals surface area contributed by atoms with Crippen LogP contribution in [-0.2, 0) is 10.0 Å². The van der Waals surface area contributed by atoms with Crippen molar-refractivity contribution >= 4 is 15.9 Å². The Balaban J connectivity index is 1.60. The molecule has 0 radical (unpaired) electrons. The van der Waals surface area contributed by atoms with E-state index in [2.05, 4.69) is 4.90 Å². The lowest BCUT2D eigenvalue weighted by Gasteiger charge is -2.35. The van der Waals surface area contributed by atoms with Gasteiger partial charge >= 0.3 is 0 Å². The molecule has 0 unspecified atom stereocenters. The minimum Gasteiger partial charge on any atom is -0.387 e. The Morgan fingerprint density at radius 2 is 1.59 bits per heavy atom. The number of nitrogens with zero attached hydrogens (tertiary/aromatic N) is 2. The first kappa shape index (κ1) is 19.5. The third kappa shape index (κ3) is 4.54. The molecule has 1 aliphatic rings. The number of aliphatic hydroxyl groups is 1. The van der Waals surface area contributed by atoms with Gasteiger partial charge in [-0.1, -0.05) is 30.3 Å². The number of nitrogens with two attached hydrogens (primary N) is 1. The van der Waals surface area contributed by atoms with E-state index in [0.29, 0.717) is 32.7 Å². The third-order valence-corrected chi connectivity index (χ3v) is 6.64. The molecule has 3 N–H and O–H groups in total. The summed E-state index contributed by atoms with van der Waals surface area (Å²) in [6.07, 6.45) is -0.601. The molecule has 2 aromatic carbocycles. The number of benzene rings is 2. The number of β-amino-alcohol motifs (C(OH)–C–C–N with tert-alkyl or cyclic N) is 1. The molecule has 1 saturated heterocycles. The molecule has 0 spiro atoms. The average Bonchev–Trinajstić information content (AvgIpc) is 2.69. The van der Waals surface area contributed by atoms with Gasteiger partial charge in [0.25, 0.3) is 0 Å². The molecule has 0 saturated carbocycles. The van der Waals surface area contributed by atoms with E-state index in [9.17, 15) is 18.3 Å². The number of aliphatic hydroxyl groups excluding tert-OH is 1.